The maximum atomic E-state index is 5.95. The fourth-order valence-corrected chi connectivity index (χ4v) is 3.37. The van der Waals surface area contributed by atoms with Gasteiger partial charge in [-0.1, -0.05) is 23.7 Å². The van der Waals surface area contributed by atoms with Crippen molar-refractivity contribution in [2.75, 3.05) is 37.7 Å². The lowest BCUT2D eigenvalue weighted by atomic mass is 10.1. The summed E-state index contributed by atoms with van der Waals surface area (Å²) in [4.78, 5) is 11.5. The van der Waals surface area contributed by atoms with E-state index in [1.807, 2.05) is 24.4 Å². The lowest BCUT2D eigenvalue weighted by Crippen LogP contribution is -2.41. The average molecular weight is 544 g/mol. The molecular weight excluding hydrogens is 513 g/mol. The van der Waals surface area contributed by atoms with Gasteiger partial charge in [0.25, 0.3) is 0 Å². The number of nitrogens with one attached hydrogen (secondary N) is 2. The summed E-state index contributed by atoms with van der Waals surface area (Å²) in [6.45, 7) is 8.88. The Labute approximate surface area is 201 Å². The van der Waals surface area contributed by atoms with Crippen molar-refractivity contribution in [1.29, 1.82) is 0 Å². The molecule has 6 nitrogen and oxygen atoms in total. The molecule has 1 aromatic carbocycles. The second-order valence-electron chi connectivity index (χ2n) is 7.15. The molecule has 2 N–H and O–H groups in total. The van der Waals surface area contributed by atoms with Gasteiger partial charge in [-0.3, -0.25) is 0 Å². The third-order valence-corrected chi connectivity index (χ3v) is 5.01. The molecule has 1 unspecified atom stereocenters. The van der Waals surface area contributed by atoms with Gasteiger partial charge in [-0.2, -0.15) is 0 Å². The van der Waals surface area contributed by atoms with Crippen molar-refractivity contribution in [3.05, 3.63) is 58.7 Å². The van der Waals surface area contributed by atoms with Crippen LogP contribution < -0.4 is 15.5 Å². The van der Waals surface area contributed by atoms with Crippen molar-refractivity contribution in [3.63, 3.8) is 0 Å². The summed E-state index contributed by atoms with van der Waals surface area (Å²) in [5.41, 5.74) is 2.39. The highest BCUT2D eigenvalue weighted by atomic mass is 127. The molecule has 1 atom stereocenters. The van der Waals surface area contributed by atoms with E-state index in [0.29, 0.717) is 6.54 Å². The van der Waals surface area contributed by atoms with Crippen molar-refractivity contribution in [2.24, 2.45) is 4.99 Å². The summed E-state index contributed by atoms with van der Waals surface area (Å²) >= 11 is 5.95. The van der Waals surface area contributed by atoms with E-state index in [2.05, 4.69) is 52.6 Å². The standard InChI is InChI=1S/C22H30ClN5O.HI/c1-3-24-22(26-11-8-18-4-6-20(23)7-5-18)27-15-19-9-10-25-21(14-19)28-12-13-29-17(2)16-28;/h4-7,9-10,14,17H,3,8,11-13,15-16H2,1-2H3,(H2,24,26,27);1H. The zero-order chi connectivity index (χ0) is 20.5. The molecule has 0 radical (unpaired) electrons. The second kappa shape index (κ2) is 13.0. The van der Waals surface area contributed by atoms with E-state index in [-0.39, 0.29) is 30.1 Å². The van der Waals surface area contributed by atoms with Gasteiger partial charge in [0.1, 0.15) is 5.82 Å². The van der Waals surface area contributed by atoms with Crippen molar-refractivity contribution in [3.8, 4) is 0 Å². The van der Waals surface area contributed by atoms with Gasteiger partial charge in [-0.25, -0.2) is 9.98 Å². The summed E-state index contributed by atoms with van der Waals surface area (Å²) in [6, 6.07) is 12.1. The summed E-state index contributed by atoms with van der Waals surface area (Å²) in [5, 5.41) is 7.47. The van der Waals surface area contributed by atoms with Gasteiger partial charge in [0.05, 0.1) is 19.3 Å². The minimum Gasteiger partial charge on any atom is -0.375 e. The normalized spacial score (nSPS) is 16.7. The maximum absolute atomic E-state index is 5.95. The monoisotopic (exact) mass is 543 g/mol. The Morgan fingerprint density at radius 2 is 2.03 bits per heavy atom. The number of hydrogen-bond acceptors (Lipinski definition) is 4. The summed E-state index contributed by atoms with van der Waals surface area (Å²) < 4.78 is 5.63. The number of hydrogen-bond donors (Lipinski definition) is 2. The van der Waals surface area contributed by atoms with Gasteiger partial charge < -0.3 is 20.3 Å². The van der Waals surface area contributed by atoms with Crippen LogP contribution in [0.5, 0.6) is 0 Å². The number of pyridine rings is 1. The molecule has 1 fully saturated rings. The Morgan fingerprint density at radius 3 is 2.77 bits per heavy atom. The fourth-order valence-electron chi connectivity index (χ4n) is 3.25. The third kappa shape index (κ3) is 7.92. The molecule has 3 rings (SSSR count). The van der Waals surface area contributed by atoms with Crippen LogP contribution in [0.4, 0.5) is 5.82 Å². The molecule has 0 amide bonds. The second-order valence-corrected chi connectivity index (χ2v) is 7.58. The van der Waals surface area contributed by atoms with Crippen LogP contribution in [0.2, 0.25) is 5.02 Å². The smallest absolute Gasteiger partial charge is 0.191 e. The minimum atomic E-state index is 0. The Balaban J connectivity index is 0.00000320. The SMILES string of the molecule is CCNC(=NCc1ccnc(N2CCOC(C)C2)c1)NCCc1ccc(Cl)cc1.I. The van der Waals surface area contributed by atoms with E-state index in [9.17, 15) is 0 Å². The number of benzene rings is 1. The first-order valence-electron chi connectivity index (χ1n) is 10.2. The molecule has 0 bridgehead atoms. The van der Waals surface area contributed by atoms with Gasteiger partial charge >= 0.3 is 0 Å². The Hall–Kier alpha value is -1.58. The number of halogens is 2. The van der Waals surface area contributed by atoms with E-state index in [0.717, 1.165) is 61.6 Å². The largest absolute Gasteiger partial charge is 0.375 e. The van der Waals surface area contributed by atoms with E-state index >= 15 is 0 Å². The van der Waals surface area contributed by atoms with E-state index in [1.54, 1.807) is 0 Å². The van der Waals surface area contributed by atoms with Crippen LogP contribution >= 0.6 is 35.6 Å². The highest BCUT2D eigenvalue weighted by Crippen LogP contribution is 2.17. The van der Waals surface area contributed by atoms with Gasteiger partial charge in [0.15, 0.2) is 5.96 Å². The zero-order valence-electron chi connectivity index (χ0n) is 17.6. The summed E-state index contributed by atoms with van der Waals surface area (Å²) in [5.74, 6) is 1.81. The van der Waals surface area contributed by atoms with Crippen LogP contribution in [0.25, 0.3) is 0 Å². The first kappa shape index (κ1) is 24.7. The van der Waals surface area contributed by atoms with Crippen LogP contribution in [0.15, 0.2) is 47.6 Å². The Kier molecular flexibility index (Phi) is 10.7. The predicted octanol–water partition coefficient (Wildman–Crippen LogP) is 3.88. The number of rotatable bonds is 7. The molecule has 2 heterocycles. The molecule has 164 valence electrons. The van der Waals surface area contributed by atoms with Crippen LogP contribution in [0.3, 0.4) is 0 Å². The van der Waals surface area contributed by atoms with Crippen molar-refractivity contribution in [2.45, 2.75) is 32.9 Å². The number of guanidine groups is 1. The molecular formula is C22H31ClIN5O. The highest BCUT2D eigenvalue weighted by molar-refractivity contribution is 14.0. The quantitative estimate of drug-likeness (QED) is 0.315. The Bertz CT molecular complexity index is 802. The first-order chi connectivity index (χ1) is 14.1. The molecule has 1 saturated heterocycles. The average Bonchev–Trinajstić information content (AvgIpc) is 2.74. The number of aromatic nitrogens is 1. The molecule has 8 heteroatoms. The topological polar surface area (TPSA) is 61.8 Å². The lowest BCUT2D eigenvalue weighted by Gasteiger charge is -2.32. The molecule has 1 aliphatic heterocycles. The number of morpholine rings is 1. The lowest BCUT2D eigenvalue weighted by molar-refractivity contribution is 0.0529. The molecule has 1 aromatic heterocycles. The highest BCUT2D eigenvalue weighted by Gasteiger charge is 2.17. The van der Waals surface area contributed by atoms with Crippen molar-refractivity contribution < 1.29 is 4.74 Å². The molecule has 0 aliphatic carbocycles. The molecule has 2 aromatic rings. The van der Waals surface area contributed by atoms with Gasteiger partial charge in [-0.15, -0.1) is 24.0 Å². The zero-order valence-corrected chi connectivity index (χ0v) is 20.7. The van der Waals surface area contributed by atoms with Gasteiger partial charge in [0, 0.05) is 37.4 Å². The van der Waals surface area contributed by atoms with Crippen LogP contribution in [0, 0.1) is 0 Å². The molecule has 0 spiro atoms. The molecule has 1 aliphatic rings. The predicted molar refractivity (Wildman–Crippen MR) is 135 cm³/mol. The number of ether oxygens (including phenoxy) is 1. The number of anilines is 1. The molecule has 0 saturated carbocycles. The summed E-state index contributed by atoms with van der Waals surface area (Å²) in [6.07, 6.45) is 3.01. The number of aliphatic imine (C=N–C) groups is 1. The van der Waals surface area contributed by atoms with Gasteiger partial charge in [-0.05, 0) is 55.7 Å². The summed E-state index contributed by atoms with van der Waals surface area (Å²) in [7, 11) is 0. The molecule has 30 heavy (non-hydrogen) atoms. The van der Waals surface area contributed by atoms with Crippen LogP contribution in [-0.4, -0.2) is 49.8 Å². The maximum Gasteiger partial charge on any atom is 0.191 e. The van der Waals surface area contributed by atoms with Crippen molar-refractivity contribution in [1.82, 2.24) is 15.6 Å². The van der Waals surface area contributed by atoms with E-state index in [4.69, 9.17) is 21.3 Å². The van der Waals surface area contributed by atoms with Crippen LogP contribution in [-0.2, 0) is 17.7 Å². The fraction of sp³-hybridized carbons (Fsp3) is 0.455. The van der Waals surface area contributed by atoms with E-state index in [1.165, 1.54) is 5.56 Å². The number of nitrogens with zero attached hydrogens (tertiary/aromatic N) is 3. The van der Waals surface area contributed by atoms with Gasteiger partial charge in [0.2, 0.25) is 0 Å². The third-order valence-electron chi connectivity index (χ3n) is 4.76. The minimum absolute atomic E-state index is 0. The van der Waals surface area contributed by atoms with E-state index < -0.39 is 0 Å². The van der Waals surface area contributed by atoms with Crippen molar-refractivity contribution >= 4 is 47.4 Å². The first-order valence-corrected chi connectivity index (χ1v) is 10.6. The van der Waals surface area contributed by atoms with Crippen LogP contribution in [0.1, 0.15) is 25.0 Å². The Morgan fingerprint density at radius 1 is 1.23 bits per heavy atom.